The van der Waals surface area contributed by atoms with Crippen LogP contribution in [-0.2, 0) is 81.6 Å². The lowest BCUT2D eigenvalue weighted by molar-refractivity contribution is -0.144. The molecule has 0 aliphatic carbocycles. The summed E-state index contributed by atoms with van der Waals surface area (Å²) < 4.78 is 0. The topological polar surface area (TPSA) is 482 Å². The Morgan fingerprint density at radius 1 is 0.568 bits per heavy atom. The number of nitrogens with two attached hydrogens (primary N) is 2. The molecular weight excluding hydrogens is 1270 g/mol. The number of carboxylic acids is 3. The molecule has 1 aromatic heterocycles. The molecule has 4 aromatic rings. The number of hydrogen-bond acceptors (Lipinski definition) is 18. The van der Waals surface area contributed by atoms with Crippen LogP contribution in [0.4, 0.5) is 0 Å². The van der Waals surface area contributed by atoms with Crippen LogP contribution in [0.25, 0.3) is 10.9 Å². The maximum absolute atomic E-state index is 15.0. The van der Waals surface area contributed by atoms with Gasteiger partial charge in [-0.3, -0.25) is 57.5 Å². The fourth-order valence-electron chi connectivity index (χ4n) is 10.4. The van der Waals surface area contributed by atoms with Gasteiger partial charge >= 0.3 is 17.9 Å². The molecule has 1 aliphatic heterocycles. The van der Waals surface area contributed by atoms with Crippen molar-refractivity contribution in [3.8, 4) is 5.75 Å². The van der Waals surface area contributed by atoms with E-state index in [0.29, 0.717) is 40.4 Å². The van der Waals surface area contributed by atoms with Gasteiger partial charge in [0, 0.05) is 60.8 Å². The molecule has 1 aliphatic rings. The summed E-state index contributed by atoms with van der Waals surface area (Å²) in [6, 6.07) is 5.25. The molecule has 0 bridgehead atoms. The summed E-state index contributed by atoms with van der Waals surface area (Å²) in [6.07, 6.45) is 0.300. The van der Waals surface area contributed by atoms with E-state index in [0.717, 1.165) is 4.90 Å². The van der Waals surface area contributed by atoms with Crippen molar-refractivity contribution in [3.63, 3.8) is 0 Å². The van der Waals surface area contributed by atoms with Crippen LogP contribution in [0.15, 0.2) is 85.1 Å². The summed E-state index contributed by atoms with van der Waals surface area (Å²) in [5.74, 6) is -14.6. The molecule has 3 aromatic carbocycles. The van der Waals surface area contributed by atoms with Crippen LogP contribution in [-0.4, -0.2) is 198 Å². The summed E-state index contributed by atoms with van der Waals surface area (Å²) in [5, 5.41) is 62.3. The summed E-state index contributed by atoms with van der Waals surface area (Å²) in [7, 11) is 0. The Balaban J connectivity index is 1.41. The van der Waals surface area contributed by atoms with Crippen molar-refractivity contribution in [3.05, 3.63) is 102 Å². The first kappa shape index (κ1) is 76.4. The van der Waals surface area contributed by atoms with E-state index in [2.05, 4.69) is 78.1 Å². The predicted octanol–water partition coefficient (Wildman–Crippen LogP) is -1.33. The van der Waals surface area contributed by atoms with Gasteiger partial charge in [-0.2, -0.15) is 25.3 Å². The van der Waals surface area contributed by atoms with E-state index in [1.165, 1.54) is 31.2 Å². The van der Waals surface area contributed by atoms with E-state index in [1.807, 2.05) is 0 Å². The molecule has 0 radical (unpaired) electrons. The van der Waals surface area contributed by atoms with Crippen LogP contribution < -0.4 is 59.3 Å². The van der Waals surface area contributed by atoms with Crippen molar-refractivity contribution in [1.82, 2.24) is 57.7 Å². The van der Waals surface area contributed by atoms with Crippen LogP contribution in [0.2, 0.25) is 0 Å². The van der Waals surface area contributed by atoms with Crippen molar-refractivity contribution in [2.75, 3.05) is 24.6 Å². The molecule has 1 fully saturated rings. The maximum atomic E-state index is 15.0. The standard InChI is InChI=1S/C63H85N13O17S2/c1-33(2)52(63(92)93)75-60(89)48(32-95)74-56(85)44(27-36-18-20-38(77)21-19-36)69-54(83)42(16-9-10-24-64)68-57(86)45(28-37-30-66-41-15-8-7-14-39(37)41)71-55(84)43(26-35-12-5-4-6-13-35)70-59(88)47(31-94)73-58(87)46(29-51(80)81)72-61(90)49-17-11-25-76(49)62(91)34(3)67-53(82)40(65)22-23-50(78)79/h4-8,12-15,18-21,30,33-34,40,42-49,52,66,77,94-95H,9-11,16-17,22-29,31-32,64-65H2,1-3H3,(H,67,82)(H,68,86)(H,69,83)(H,70,88)(H,71,84)(H,72,90)(H,73,87)(H,74,85)(H,75,89)(H,78,79)(H,80,81)(H,92,93)/t34?,40-,42-,43-,44-,45-,46-,47-,48-,49+,52-/m0/s1. The highest BCUT2D eigenvalue weighted by atomic mass is 32.1. The number of thiol groups is 2. The summed E-state index contributed by atoms with van der Waals surface area (Å²) in [5.41, 5.74) is 13.8. The zero-order chi connectivity index (χ0) is 70.1. The van der Waals surface area contributed by atoms with Gasteiger partial charge in [0.15, 0.2) is 0 Å². The number of carboxylic acid groups (broad SMARTS) is 3. The number of aromatic hydroxyl groups is 1. The third-order valence-electron chi connectivity index (χ3n) is 15.7. The summed E-state index contributed by atoms with van der Waals surface area (Å²) in [6.45, 7) is 4.71. The molecule has 95 heavy (non-hydrogen) atoms. The number of nitrogens with one attached hydrogen (secondary N) is 10. The monoisotopic (exact) mass is 1360 g/mol. The normalized spacial score (nSPS) is 16.0. The first-order valence-electron chi connectivity index (χ1n) is 30.9. The smallest absolute Gasteiger partial charge is 0.326 e. The second-order valence-electron chi connectivity index (χ2n) is 23.3. The average Bonchev–Trinajstić information content (AvgIpc) is 1.78. The highest BCUT2D eigenvalue weighted by Crippen LogP contribution is 2.22. The molecule has 0 spiro atoms. The Bertz CT molecular complexity index is 3360. The van der Waals surface area contributed by atoms with Gasteiger partial charge in [-0.25, -0.2) is 4.79 Å². The minimum atomic E-state index is -1.85. The average molecular weight is 1360 g/mol. The molecule has 30 nitrogen and oxygen atoms in total. The van der Waals surface area contributed by atoms with Gasteiger partial charge in [-0.1, -0.05) is 74.5 Å². The highest BCUT2D eigenvalue weighted by molar-refractivity contribution is 7.80. The molecule has 1 saturated heterocycles. The number of nitrogens with zero attached hydrogens (tertiary/aromatic N) is 1. The van der Waals surface area contributed by atoms with Gasteiger partial charge in [-0.05, 0) is 92.8 Å². The second kappa shape index (κ2) is 37.6. The Morgan fingerprint density at radius 3 is 1.62 bits per heavy atom. The third kappa shape index (κ3) is 23.6. The van der Waals surface area contributed by atoms with Gasteiger partial charge in [0.25, 0.3) is 0 Å². The Kier molecular flexibility index (Phi) is 30.2. The molecule has 5 rings (SSSR count). The fraction of sp³-hybridized carbons (Fsp3) is 0.476. The van der Waals surface area contributed by atoms with Crippen LogP contribution in [0.3, 0.4) is 0 Å². The molecule has 11 atom stereocenters. The first-order valence-corrected chi connectivity index (χ1v) is 32.2. The number of fused-ring (bicyclic) bond motifs is 1. The molecule has 0 saturated carbocycles. The largest absolute Gasteiger partial charge is 0.508 e. The number of likely N-dealkylation sites (tertiary alicyclic amines) is 1. The van der Waals surface area contributed by atoms with Gasteiger partial charge in [0.2, 0.25) is 59.1 Å². The quantitative estimate of drug-likeness (QED) is 0.0183. The zero-order valence-electron chi connectivity index (χ0n) is 52.7. The third-order valence-corrected chi connectivity index (χ3v) is 16.4. The number of unbranched alkanes of at least 4 members (excludes halogenated alkanes) is 1. The second-order valence-corrected chi connectivity index (χ2v) is 24.1. The maximum Gasteiger partial charge on any atom is 0.326 e. The number of aliphatic carboxylic acids is 3. The molecule has 1 unspecified atom stereocenters. The number of benzene rings is 3. The van der Waals surface area contributed by atoms with Gasteiger partial charge < -0.3 is 89.6 Å². The Labute approximate surface area is 558 Å². The van der Waals surface area contributed by atoms with E-state index in [1.54, 1.807) is 74.6 Å². The summed E-state index contributed by atoms with van der Waals surface area (Å²) >= 11 is 8.53. The van der Waals surface area contributed by atoms with E-state index >= 15 is 4.79 Å². The minimum Gasteiger partial charge on any atom is -0.508 e. The number of rotatable bonds is 38. The number of hydrogen-bond donors (Lipinski definition) is 18. The number of aromatic nitrogens is 1. The number of amides is 10. The lowest BCUT2D eigenvalue weighted by Crippen LogP contribution is -2.61. The van der Waals surface area contributed by atoms with E-state index < -0.39 is 168 Å². The fourth-order valence-corrected chi connectivity index (χ4v) is 10.9. The number of phenols is 1. The number of para-hydroxylation sites is 1. The summed E-state index contributed by atoms with van der Waals surface area (Å²) in [4.78, 5) is 180. The highest BCUT2D eigenvalue weighted by Gasteiger charge is 2.40. The van der Waals surface area contributed by atoms with Gasteiger partial charge in [-0.15, -0.1) is 0 Å². The Morgan fingerprint density at radius 2 is 1.07 bits per heavy atom. The molecule has 18 N–H and O–H groups in total. The molecule has 2 heterocycles. The van der Waals surface area contributed by atoms with Crippen molar-refractivity contribution in [2.24, 2.45) is 17.4 Å². The molecule has 32 heteroatoms. The van der Waals surface area contributed by atoms with Gasteiger partial charge in [0.05, 0.1) is 12.5 Å². The number of carbonyl (C=O) groups excluding carboxylic acids is 10. The number of carbonyl (C=O) groups is 13. The van der Waals surface area contributed by atoms with Crippen LogP contribution in [0, 0.1) is 5.92 Å². The molecule has 516 valence electrons. The van der Waals surface area contributed by atoms with Gasteiger partial charge in [0.1, 0.15) is 66.2 Å². The minimum absolute atomic E-state index is 0.0350. The Hall–Kier alpha value is -9.27. The first-order chi connectivity index (χ1) is 45.1. The van der Waals surface area contributed by atoms with E-state index in [4.69, 9.17) is 16.6 Å². The molecule has 10 amide bonds. The van der Waals surface area contributed by atoms with E-state index in [9.17, 15) is 72.9 Å². The van der Waals surface area contributed by atoms with Crippen molar-refractivity contribution < 1.29 is 82.8 Å². The zero-order valence-corrected chi connectivity index (χ0v) is 54.5. The lowest BCUT2D eigenvalue weighted by Gasteiger charge is -2.29. The molecular formula is C63H85N13O17S2. The van der Waals surface area contributed by atoms with E-state index in [-0.39, 0.29) is 69.5 Å². The number of phenolic OH excluding ortho intramolecular Hbond substituents is 1. The van der Waals surface area contributed by atoms with Crippen molar-refractivity contribution >= 4 is 113 Å². The lowest BCUT2D eigenvalue weighted by atomic mass is 10.0. The number of aromatic amines is 1. The van der Waals surface area contributed by atoms with Crippen LogP contribution >= 0.6 is 25.3 Å². The SMILES string of the molecule is CC(NC(=O)[C@@H](N)CCC(=O)O)C(=O)N1CCC[C@@H]1C(=O)N[C@@H](CC(=O)O)C(=O)N[C@@H](CS)C(=O)N[C@@H](Cc1ccccc1)C(=O)N[C@@H](Cc1c[nH]c2ccccc12)C(=O)N[C@@H](CCCCN)C(=O)N[C@@H](Cc1ccc(O)cc1)C(=O)N[C@@H](CS)C(=O)N[C@H](C(=O)O)C(C)C. The van der Waals surface area contributed by atoms with Crippen molar-refractivity contribution in [1.29, 1.82) is 0 Å². The van der Waals surface area contributed by atoms with Crippen LogP contribution in [0.1, 0.15) is 88.8 Å². The van der Waals surface area contributed by atoms with Crippen LogP contribution in [0.5, 0.6) is 5.75 Å². The predicted molar refractivity (Wildman–Crippen MR) is 352 cm³/mol. The number of H-pyrrole nitrogens is 1. The van der Waals surface area contributed by atoms with Crippen molar-refractivity contribution in [2.45, 2.75) is 158 Å².